The van der Waals surface area contributed by atoms with E-state index in [0.717, 1.165) is 37.7 Å². The number of pyridine rings is 1. The van der Waals surface area contributed by atoms with Gasteiger partial charge in [0.2, 0.25) is 0 Å². The molecule has 0 radical (unpaired) electrons. The van der Waals surface area contributed by atoms with Gasteiger partial charge in [0.1, 0.15) is 5.82 Å². The largest absolute Gasteiger partial charge is 0.355 e. The molecule has 25 heavy (non-hydrogen) atoms. The van der Waals surface area contributed by atoms with Crippen molar-refractivity contribution in [2.24, 2.45) is 0 Å². The standard InChI is InChI=1S/C21H23N3.ClH/c1-23-12-7-13-24(15-14-23)21-19-11-6-5-10-18(19)16-20(22-21)17-8-3-2-4-9-17;/h2-6,8-11,16H,7,12-15H2,1H3;1H. The summed E-state index contributed by atoms with van der Waals surface area (Å²) >= 11 is 0. The van der Waals surface area contributed by atoms with Crippen LogP contribution in [-0.2, 0) is 0 Å². The second-order valence-electron chi connectivity index (χ2n) is 6.56. The molecule has 0 aliphatic carbocycles. The highest BCUT2D eigenvalue weighted by Gasteiger charge is 2.17. The first-order valence-corrected chi connectivity index (χ1v) is 8.70. The summed E-state index contributed by atoms with van der Waals surface area (Å²) in [5, 5.41) is 2.51. The third-order valence-electron chi connectivity index (χ3n) is 4.81. The summed E-state index contributed by atoms with van der Waals surface area (Å²) < 4.78 is 0. The maximum absolute atomic E-state index is 5.07. The highest BCUT2D eigenvalue weighted by Crippen LogP contribution is 2.30. The first kappa shape index (κ1) is 17.7. The van der Waals surface area contributed by atoms with Gasteiger partial charge in [-0.05, 0) is 31.5 Å². The number of rotatable bonds is 2. The van der Waals surface area contributed by atoms with Crippen LogP contribution in [0.1, 0.15) is 6.42 Å². The molecular weight excluding hydrogens is 330 g/mol. The van der Waals surface area contributed by atoms with Crippen molar-refractivity contribution in [1.82, 2.24) is 9.88 Å². The minimum absolute atomic E-state index is 0. The first-order chi connectivity index (χ1) is 11.8. The number of anilines is 1. The van der Waals surface area contributed by atoms with E-state index in [9.17, 15) is 0 Å². The fourth-order valence-corrected chi connectivity index (χ4v) is 3.44. The van der Waals surface area contributed by atoms with Crippen LogP contribution in [0.15, 0.2) is 60.7 Å². The van der Waals surface area contributed by atoms with Crippen LogP contribution >= 0.6 is 12.4 Å². The molecule has 0 unspecified atom stereocenters. The zero-order valence-corrected chi connectivity index (χ0v) is 15.4. The van der Waals surface area contributed by atoms with Crippen molar-refractivity contribution in [3.63, 3.8) is 0 Å². The molecule has 3 aromatic rings. The van der Waals surface area contributed by atoms with Crippen LogP contribution in [-0.4, -0.2) is 43.1 Å². The Kier molecular flexibility index (Phi) is 5.57. The fourth-order valence-electron chi connectivity index (χ4n) is 3.44. The second-order valence-corrected chi connectivity index (χ2v) is 6.56. The molecule has 4 rings (SSSR count). The average molecular weight is 354 g/mol. The zero-order chi connectivity index (χ0) is 16.4. The predicted molar refractivity (Wildman–Crippen MR) is 109 cm³/mol. The van der Waals surface area contributed by atoms with Crippen molar-refractivity contribution in [2.75, 3.05) is 38.1 Å². The number of aromatic nitrogens is 1. The lowest BCUT2D eigenvalue weighted by molar-refractivity contribution is 0.360. The van der Waals surface area contributed by atoms with Crippen molar-refractivity contribution in [3.05, 3.63) is 60.7 Å². The lowest BCUT2D eigenvalue weighted by Gasteiger charge is -2.24. The van der Waals surface area contributed by atoms with Gasteiger partial charge in [-0.2, -0.15) is 0 Å². The smallest absolute Gasteiger partial charge is 0.137 e. The Morgan fingerprint density at radius 3 is 2.44 bits per heavy atom. The number of hydrogen-bond acceptors (Lipinski definition) is 3. The van der Waals surface area contributed by atoms with Gasteiger partial charge in [-0.1, -0.05) is 54.6 Å². The molecule has 4 heteroatoms. The molecule has 1 saturated heterocycles. The third-order valence-corrected chi connectivity index (χ3v) is 4.81. The van der Waals surface area contributed by atoms with Crippen molar-refractivity contribution < 1.29 is 0 Å². The highest BCUT2D eigenvalue weighted by atomic mass is 35.5. The summed E-state index contributed by atoms with van der Waals surface area (Å²) in [6, 6.07) is 21.3. The van der Waals surface area contributed by atoms with E-state index in [1.807, 2.05) is 0 Å². The molecule has 0 N–H and O–H groups in total. The Labute approximate surface area is 155 Å². The monoisotopic (exact) mass is 353 g/mol. The molecule has 0 saturated carbocycles. The summed E-state index contributed by atoms with van der Waals surface area (Å²) in [5.41, 5.74) is 2.23. The van der Waals surface area contributed by atoms with Crippen LogP contribution in [0.5, 0.6) is 0 Å². The second kappa shape index (κ2) is 7.85. The van der Waals surface area contributed by atoms with Crippen LogP contribution < -0.4 is 4.90 Å². The molecular formula is C21H24ClN3. The molecule has 1 aromatic heterocycles. The van der Waals surface area contributed by atoms with Crippen LogP contribution in [0.2, 0.25) is 0 Å². The van der Waals surface area contributed by atoms with E-state index in [2.05, 4.69) is 77.5 Å². The Hall–Kier alpha value is -2.10. The van der Waals surface area contributed by atoms with Crippen molar-refractivity contribution >= 4 is 29.0 Å². The molecule has 1 aliphatic rings. The minimum Gasteiger partial charge on any atom is -0.355 e. The summed E-state index contributed by atoms with van der Waals surface area (Å²) in [6.45, 7) is 4.35. The number of fused-ring (bicyclic) bond motifs is 1. The summed E-state index contributed by atoms with van der Waals surface area (Å²) in [4.78, 5) is 9.93. The van der Waals surface area contributed by atoms with Crippen LogP contribution in [0.3, 0.4) is 0 Å². The fraction of sp³-hybridized carbons (Fsp3) is 0.286. The number of nitrogens with zero attached hydrogens (tertiary/aromatic N) is 3. The van der Waals surface area contributed by atoms with E-state index in [0.29, 0.717) is 0 Å². The lowest BCUT2D eigenvalue weighted by Crippen LogP contribution is -2.29. The van der Waals surface area contributed by atoms with Gasteiger partial charge in [0.25, 0.3) is 0 Å². The number of halogens is 1. The van der Waals surface area contributed by atoms with E-state index in [1.165, 1.54) is 22.8 Å². The van der Waals surface area contributed by atoms with Gasteiger partial charge in [-0.25, -0.2) is 4.98 Å². The number of hydrogen-bond donors (Lipinski definition) is 0. The molecule has 0 atom stereocenters. The van der Waals surface area contributed by atoms with Crippen molar-refractivity contribution in [1.29, 1.82) is 0 Å². The molecule has 3 nitrogen and oxygen atoms in total. The average Bonchev–Trinajstić information content (AvgIpc) is 2.86. The molecule has 0 bridgehead atoms. The van der Waals surface area contributed by atoms with Gasteiger partial charge in [0, 0.05) is 30.6 Å². The maximum atomic E-state index is 5.07. The quantitative estimate of drug-likeness (QED) is 0.677. The van der Waals surface area contributed by atoms with Gasteiger partial charge in [0.05, 0.1) is 5.69 Å². The third kappa shape index (κ3) is 3.78. The van der Waals surface area contributed by atoms with Crippen molar-refractivity contribution in [3.8, 4) is 11.3 Å². The van der Waals surface area contributed by atoms with Gasteiger partial charge >= 0.3 is 0 Å². The normalized spacial score (nSPS) is 15.6. The van der Waals surface area contributed by atoms with Crippen LogP contribution in [0, 0.1) is 0 Å². The lowest BCUT2D eigenvalue weighted by atomic mass is 10.1. The molecule has 2 aromatic carbocycles. The van der Waals surface area contributed by atoms with E-state index in [1.54, 1.807) is 0 Å². The molecule has 2 heterocycles. The van der Waals surface area contributed by atoms with E-state index < -0.39 is 0 Å². The number of likely N-dealkylation sites (N-methyl/N-ethyl adjacent to an activating group) is 1. The topological polar surface area (TPSA) is 19.4 Å². The molecule has 130 valence electrons. The Balaban J connectivity index is 0.00000182. The Bertz CT molecular complexity index is 835. The minimum atomic E-state index is 0. The highest BCUT2D eigenvalue weighted by molar-refractivity contribution is 5.95. The predicted octanol–water partition coefficient (Wildman–Crippen LogP) is 4.47. The van der Waals surface area contributed by atoms with E-state index in [-0.39, 0.29) is 12.4 Å². The zero-order valence-electron chi connectivity index (χ0n) is 14.6. The van der Waals surface area contributed by atoms with Crippen molar-refractivity contribution in [2.45, 2.75) is 6.42 Å². The SMILES string of the molecule is CN1CCCN(c2nc(-c3ccccc3)cc3ccccc23)CC1.Cl. The van der Waals surface area contributed by atoms with Crippen LogP contribution in [0.25, 0.3) is 22.0 Å². The number of benzene rings is 2. The maximum Gasteiger partial charge on any atom is 0.137 e. The van der Waals surface area contributed by atoms with Gasteiger partial charge < -0.3 is 9.80 Å². The molecule has 1 fully saturated rings. The van der Waals surface area contributed by atoms with Gasteiger partial charge in [-0.15, -0.1) is 12.4 Å². The van der Waals surface area contributed by atoms with Crippen LogP contribution in [0.4, 0.5) is 5.82 Å². The van der Waals surface area contributed by atoms with E-state index in [4.69, 9.17) is 4.98 Å². The Morgan fingerprint density at radius 1 is 0.840 bits per heavy atom. The Morgan fingerprint density at radius 2 is 1.60 bits per heavy atom. The first-order valence-electron chi connectivity index (χ1n) is 8.70. The molecule has 1 aliphatic heterocycles. The van der Waals surface area contributed by atoms with Gasteiger partial charge in [0.15, 0.2) is 0 Å². The van der Waals surface area contributed by atoms with E-state index >= 15 is 0 Å². The van der Waals surface area contributed by atoms with Gasteiger partial charge in [-0.3, -0.25) is 0 Å². The summed E-state index contributed by atoms with van der Waals surface area (Å²) in [6.07, 6.45) is 1.18. The molecule has 0 spiro atoms. The molecule has 0 amide bonds. The summed E-state index contributed by atoms with van der Waals surface area (Å²) in [7, 11) is 2.20. The summed E-state index contributed by atoms with van der Waals surface area (Å²) in [5.74, 6) is 1.13.